The molecule has 0 aliphatic heterocycles. The molecule has 38 heavy (non-hydrogen) atoms. The van der Waals surface area contributed by atoms with Crippen LogP contribution in [0.4, 0.5) is 0 Å². The van der Waals surface area contributed by atoms with E-state index in [4.69, 9.17) is 15.3 Å². The second-order valence-corrected chi connectivity index (χ2v) is 7.90. The number of aliphatic hydroxyl groups is 1. The molecule has 11 heteroatoms. The first-order valence-corrected chi connectivity index (χ1v) is 11.1. The molecule has 0 amide bonds. The molecule has 0 aliphatic rings. The van der Waals surface area contributed by atoms with Crippen LogP contribution in [0.5, 0.6) is 0 Å². The minimum absolute atomic E-state index is 0.245. The zero-order valence-corrected chi connectivity index (χ0v) is 19.5. The van der Waals surface area contributed by atoms with E-state index in [9.17, 15) is 19.5 Å². The van der Waals surface area contributed by atoms with Gasteiger partial charge >= 0.3 is 17.9 Å². The number of hydrogen-bond acceptors (Lipinski definition) is 7. The molecule has 190 valence electrons. The quantitative estimate of drug-likeness (QED) is 0.211. The SMILES string of the molecule is O=C(O)c1nc(C(=O)O)c2[nH]c(C(=O)O)nc2n1.OC(c1ccccc1)(c1ccccc1)c1ccccc1. The molecule has 0 atom stereocenters. The lowest BCUT2D eigenvalue weighted by atomic mass is 9.80. The molecule has 0 aliphatic carbocycles. The van der Waals surface area contributed by atoms with Gasteiger partial charge in [0, 0.05) is 0 Å². The van der Waals surface area contributed by atoms with E-state index in [2.05, 4.69) is 19.9 Å². The van der Waals surface area contributed by atoms with Gasteiger partial charge < -0.3 is 25.4 Å². The zero-order chi connectivity index (χ0) is 27.3. The van der Waals surface area contributed by atoms with Gasteiger partial charge in [-0.3, -0.25) is 0 Å². The van der Waals surface area contributed by atoms with E-state index in [0.29, 0.717) is 0 Å². The first-order valence-electron chi connectivity index (χ1n) is 11.1. The number of aromatic nitrogens is 4. The first kappa shape index (κ1) is 25.7. The van der Waals surface area contributed by atoms with Crippen LogP contribution < -0.4 is 0 Å². The minimum atomic E-state index is -1.54. The van der Waals surface area contributed by atoms with E-state index in [-0.39, 0.29) is 11.2 Å². The number of imidazole rings is 1. The fourth-order valence-corrected chi connectivity index (χ4v) is 3.79. The monoisotopic (exact) mass is 512 g/mol. The average Bonchev–Trinajstić information content (AvgIpc) is 3.38. The molecule has 2 aromatic heterocycles. The number of hydrogen-bond donors (Lipinski definition) is 5. The number of benzene rings is 3. The normalized spacial score (nSPS) is 10.9. The second-order valence-electron chi connectivity index (χ2n) is 7.90. The number of nitrogens with one attached hydrogen (secondary N) is 1. The predicted octanol–water partition coefficient (Wildman–Crippen LogP) is 3.42. The molecule has 3 aromatic carbocycles. The lowest BCUT2D eigenvalue weighted by Gasteiger charge is -2.30. The summed E-state index contributed by atoms with van der Waals surface area (Å²) in [6.45, 7) is 0. The second kappa shape index (κ2) is 10.7. The highest BCUT2D eigenvalue weighted by atomic mass is 16.4. The van der Waals surface area contributed by atoms with Gasteiger partial charge in [-0.15, -0.1) is 0 Å². The highest BCUT2D eigenvalue weighted by Gasteiger charge is 2.33. The molecule has 0 bridgehead atoms. The van der Waals surface area contributed by atoms with Crippen LogP contribution in [-0.4, -0.2) is 58.3 Å². The average molecular weight is 512 g/mol. The van der Waals surface area contributed by atoms with Crippen LogP contribution in [0, 0.1) is 0 Å². The highest BCUT2D eigenvalue weighted by Crippen LogP contribution is 2.36. The fourth-order valence-electron chi connectivity index (χ4n) is 3.79. The van der Waals surface area contributed by atoms with Gasteiger partial charge in [-0.1, -0.05) is 91.0 Å². The molecule has 2 heterocycles. The largest absolute Gasteiger partial charge is 0.476 e. The molecular weight excluding hydrogens is 492 g/mol. The van der Waals surface area contributed by atoms with Gasteiger partial charge in [-0.25, -0.2) is 29.3 Å². The number of H-pyrrole nitrogens is 1. The third-order valence-electron chi connectivity index (χ3n) is 5.52. The summed E-state index contributed by atoms with van der Waals surface area (Å²) < 4.78 is 0. The molecule has 0 radical (unpaired) electrons. The summed E-state index contributed by atoms with van der Waals surface area (Å²) in [5.41, 5.74) is 0.260. The summed E-state index contributed by atoms with van der Waals surface area (Å²) in [4.78, 5) is 44.6. The Labute approximate surface area is 214 Å². The summed E-state index contributed by atoms with van der Waals surface area (Å²) in [5, 5.41) is 37.7. The molecular formula is C27H20N4O7. The number of aromatic carboxylic acids is 3. The van der Waals surface area contributed by atoms with Crippen molar-refractivity contribution in [2.45, 2.75) is 5.60 Å². The number of fused-ring (bicyclic) bond motifs is 1. The lowest BCUT2D eigenvalue weighted by Crippen LogP contribution is -2.28. The molecule has 0 saturated heterocycles. The number of nitrogens with zero attached hydrogens (tertiary/aromatic N) is 3. The topological polar surface area (TPSA) is 187 Å². The highest BCUT2D eigenvalue weighted by molar-refractivity contribution is 6.01. The van der Waals surface area contributed by atoms with Crippen LogP contribution in [0.15, 0.2) is 91.0 Å². The summed E-state index contributed by atoms with van der Waals surface area (Å²) >= 11 is 0. The van der Waals surface area contributed by atoms with Crippen molar-refractivity contribution in [3.05, 3.63) is 125 Å². The Morgan fingerprint density at radius 1 is 0.605 bits per heavy atom. The van der Waals surface area contributed by atoms with Crippen LogP contribution in [0.3, 0.4) is 0 Å². The number of carboxylic acids is 3. The number of carbonyl (C=O) groups is 3. The summed E-state index contributed by atoms with van der Waals surface area (Å²) in [5.74, 6) is -5.82. The lowest BCUT2D eigenvalue weighted by molar-refractivity contribution is 0.0667. The smallest absolute Gasteiger partial charge is 0.374 e. The Kier molecular flexibility index (Phi) is 7.21. The Morgan fingerprint density at radius 2 is 1.05 bits per heavy atom. The Balaban J connectivity index is 0.000000178. The van der Waals surface area contributed by atoms with Crippen molar-refractivity contribution in [2.75, 3.05) is 0 Å². The summed E-state index contributed by atoms with van der Waals surface area (Å²) in [7, 11) is 0. The third kappa shape index (κ3) is 5.08. The van der Waals surface area contributed by atoms with E-state index < -0.39 is 40.9 Å². The summed E-state index contributed by atoms with van der Waals surface area (Å²) in [6.07, 6.45) is 0. The van der Waals surface area contributed by atoms with Crippen LogP contribution in [0.2, 0.25) is 0 Å². The van der Waals surface area contributed by atoms with E-state index in [0.717, 1.165) is 16.7 Å². The van der Waals surface area contributed by atoms with Gasteiger partial charge in [0.2, 0.25) is 11.6 Å². The maximum absolute atomic E-state index is 11.4. The zero-order valence-electron chi connectivity index (χ0n) is 19.5. The van der Waals surface area contributed by atoms with Crippen molar-refractivity contribution in [3.63, 3.8) is 0 Å². The molecule has 0 spiro atoms. The maximum Gasteiger partial charge on any atom is 0.374 e. The minimum Gasteiger partial charge on any atom is -0.476 e. The maximum atomic E-state index is 11.4. The van der Waals surface area contributed by atoms with Gasteiger partial charge in [-0.05, 0) is 16.7 Å². The van der Waals surface area contributed by atoms with Crippen molar-refractivity contribution < 1.29 is 34.8 Å². The van der Waals surface area contributed by atoms with E-state index in [1.807, 2.05) is 91.0 Å². The first-order chi connectivity index (χ1) is 18.2. The molecule has 11 nitrogen and oxygen atoms in total. The van der Waals surface area contributed by atoms with E-state index in [1.54, 1.807) is 0 Å². The molecule has 0 fully saturated rings. The van der Waals surface area contributed by atoms with Crippen molar-refractivity contribution in [1.82, 2.24) is 19.9 Å². The van der Waals surface area contributed by atoms with Crippen molar-refractivity contribution >= 4 is 29.1 Å². The van der Waals surface area contributed by atoms with E-state index in [1.165, 1.54) is 0 Å². The molecule has 5 rings (SSSR count). The van der Waals surface area contributed by atoms with Crippen LogP contribution in [0.1, 0.15) is 48.4 Å². The van der Waals surface area contributed by atoms with Gasteiger partial charge in [0.05, 0.1) is 0 Å². The molecule has 5 aromatic rings. The van der Waals surface area contributed by atoms with Gasteiger partial charge in [0.15, 0.2) is 11.3 Å². The van der Waals surface area contributed by atoms with Gasteiger partial charge in [-0.2, -0.15) is 0 Å². The van der Waals surface area contributed by atoms with E-state index >= 15 is 0 Å². The predicted molar refractivity (Wildman–Crippen MR) is 134 cm³/mol. The van der Waals surface area contributed by atoms with Crippen molar-refractivity contribution in [1.29, 1.82) is 0 Å². The van der Waals surface area contributed by atoms with Crippen LogP contribution >= 0.6 is 0 Å². The van der Waals surface area contributed by atoms with Crippen molar-refractivity contribution in [3.8, 4) is 0 Å². The Morgan fingerprint density at radius 3 is 1.42 bits per heavy atom. The molecule has 5 N–H and O–H groups in total. The molecule has 0 saturated carbocycles. The third-order valence-corrected chi connectivity index (χ3v) is 5.52. The standard InChI is InChI=1S/C19H16O.C8H4N4O6/c20-19(16-10-4-1-5-11-16,17-12-6-2-7-13-17)18-14-8-3-9-15-18;13-6(14)2-1-3(11-4(9-1)7(15)16)12-5(10-2)8(17)18/h1-15,20H;(H,13,14)(H,15,16)(H,17,18)(H,9,10,11,12). The van der Waals surface area contributed by atoms with Crippen LogP contribution in [0.25, 0.3) is 11.2 Å². The van der Waals surface area contributed by atoms with Gasteiger partial charge in [0.1, 0.15) is 11.1 Å². The van der Waals surface area contributed by atoms with Gasteiger partial charge in [0.25, 0.3) is 0 Å². The number of rotatable bonds is 6. The Hall–Kier alpha value is -5.42. The Bertz CT molecular complexity index is 1510. The summed E-state index contributed by atoms with van der Waals surface area (Å²) in [6, 6.07) is 29.3. The number of carboxylic acid groups (broad SMARTS) is 3. The molecule has 0 unspecified atom stereocenters. The van der Waals surface area contributed by atoms with Crippen molar-refractivity contribution in [2.24, 2.45) is 0 Å². The fraction of sp³-hybridized carbons (Fsp3) is 0.0370. The van der Waals surface area contributed by atoms with Crippen LogP contribution in [-0.2, 0) is 5.60 Å². The number of aromatic amines is 1.